The van der Waals surface area contributed by atoms with Gasteiger partial charge in [0.15, 0.2) is 11.9 Å². The maximum Gasteiger partial charge on any atom is 0.264 e. The molecule has 6 heteroatoms. The molecule has 96 valence electrons. The van der Waals surface area contributed by atoms with Crippen LogP contribution in [0.5, 0.6) is 0 Å². The van der Waals surface area contributed by atoms with Gasteiger partial charge in [0.2, 0.25) is 0 Å². The molecule has 3 rings (SSSR count). The number of pyridine rings is 1. The van der Waals surface area contributed by atoms with E-state index in [-0.39, 0.29) is 11.8 Å². The Kier molecular flexibility index (Phi) is 2.95. The number of hydrogen-bond acceptors (Lipinski definition) is 3. The zero-order valence-corrected chi connectivity index (χ0v) is 9.72. The predicted molar refractivity (Wildman–Crippen MR) is 61.3 cm³/mol. The number of fused-ring (bicyclic) bond motifs is 1. The summed E-state index contributed by atoms with van der Waals surface area (Å²) in [5.74, 6) is 0. The second-order valence-electron chi connectivity index (χ2n) is 4.35. The molecule has 1 atom stereocenters. The van der Waals surface area contributed by atoms with Gasteiger partial charge in [-0.1, -0.05) is 0 Å². The van der Waals surface area contributed by atoms with Gasteiger partial charge in [-0.15, -0.1) is 0 Å². The van der Waals surface area contributed by atoms with Crippen LogP contribution in [-0.4, -0.2) is 21.4 Å². The first kappa shape index (κ1) is 11.5. The minimum absolute atomic E-state index is 0.0259. The molecule has 1 aliphatic heterocycles. The van der Waals surface area contributed by atoms with Crippen LogP contribution in [0.2, 0.25) is 0 Å². The Labute approximate surface area is 103 Å². The first-order valence-corrected chi connectivity index (χ1v) is 5.99. The fourth-order valence-corrected chi connectivity index (χ4v) is 2.28. The highest BCUT2D eigenvalue weighted by molar-refractivity contribution is 5.78. The van der Waals surface area contributed by atoms with E-state index >= 15 is 0 Å². The summed E-state index contributed by atoms with van der Waals surface area (Å²) in [6, 6.07) is 1.33. The van der Waals surface area contributed by atoms with Crippen molar-refractivity contribution in [2.24, 2.45) is 0 Å². The summed E-state index contributed by atoms with van der Waals surface area (Å²) in [6.45, 7) is 0.681. The number of alkyl halides is 2. The van der Waals surface area contributed by atoms with Crippen LogP contribution in [0.1, 0.15) is 37.5 Å². The lowest BCUT2D eigenvalue weighted by Gasteiger charge is -2.23. The molecule has 1 fully saturated rings. The van der Waals surface area contributed by atoms with E-state index in [1.807, 2.05) is 0 Å². The zero-order chi connectivity index (χ0) is 12.5. The van der Waals surface area contributed by atoms with Gasteiger partial charge in [-0.25, -0.2) is 18.4 Å². The molecule has 0 bridgehead atoms. The van der Waals surface area contributed by atoms with Crippen LogP contribution < -0.4 is 0 Å². The maximum absolute atomic E-state index is 12.9. The molecule has 0 spiro atoms. The maximum atomic E-state index is 12.9. The van der Waals surface area contributed by atoms with Crippen molar-refractivity contribution < 1.29 is 13.5 Å². The largest absolute Gasteiger partial charge is 0.356 e. The smallest absolute Gasteiger partial charge is 0.264 e. The van der Waals surface area contributed by atoms with Crippen LogP contribution in [0.25, 0.3) is 11.0 Å². The SMILES string of the molecule is FC(F)c1ccnc2c1cnn2C1CCCCO1. The first-order chi connectivity index (χ1) is 8.77. The van der Waals surface area contributed by atoms with E-state index in [1.165, 1.54) is 18.5 Å². The fourth-order valence-electron chi connectivity index (χ4n) is 2.28. The summed E-state index contributed by atoms with van der Waals surface area (Å²) >= 11 is 0. The number of ether oxygens (including phenoxy) is 1. The van der Waals surface area contributed by atoms with E-state index in [1.54, 1.807) is 4.68 Å². The summed E-state index contributed by atoms with van der Waals surface area (Å²) in [7, 11) is 0. The number of rotatable bonds is 2. The monoisotopic (exact) mass is 253 g/mol. The molecule has 0 saturated carbocycles. The molecule has 4 nitrogen and oxygen atoms in total. The summed E-state index contributed by atoms with van der Waals surface area (Å²) in [5.41, 5.74) is 0.446. The second-order valence-corrected chi connectivity index (χ2v) is 4.35. The Morgan fingerprint density at radius 3 is 3.00 bits per heavy atom. The highest BCUT2D eigenvalue weighted by Gasteiger charge is 2.21. The topological polar surface area (TPSA) is 39.9 Å². The average Bonchev–Trinajstić information content (AvgIpc) is 2.83. The summed E-state index contributed by atoms with van der Waals surface area (Å²) in [4.78, 5) is 4.15. The lowest BCUT2D eigenvalue weighted by atomic mass is 10.2. The molecule has 0 radical (unpaired) electrons. The normalized spacial score (nSPS) is 20.7. The zero-order valence-electron chi connectivity index (χ0n) is 9.72. The van der Waals surface area contributed by atoms with Crippen LogP contribution in [0, 0.1) is 0 Å². The van der Waals surface area contributed by atoms with Crippen molar-refractivity contribution in [3.05, 3.63) is 24.0 Å². The van der Waals surface area contributed by atoms with E-state index in [2.05, 4.69) is 10.1 Å². The van der Waals surface area contributed by atoms with Crippen LogP contribution in [0.15, 0.2) is 18.5 Å². The van der Waals surface area contributed by atoms with E-state index in [9.17, 15) is 8.78 Å². The summed E-state index contributed by atoms with van der Waals surface area (Å²) in [5, 5.41) is 4.56. The van der Waals surface area contributed by atoms with Crippen molar-refractivity contribution in [1.82, 2.24) is 14.8 Å². The molecule has 2 aromatic rings. The van der Waals surface area contributed by atoms with E-state index < -0.39 is 6.43 Å². The number of hydrogen-bond donors (Lipinski definition) is 0. The Hall–Kier alpha value is -1.56. The molecule has 0 aromatic carbocycles. The van der Waals surface area contributed by atoms with Crippen molar-refractivity contribution in [2.45, 2.75) is 31.9 Å². The van der Waals surface area contributed by atoms with Gasteiger partial charge >= 0.3 is 0 Å². The summed E-state index contributed by atoms with van der Waals surface area (Å²) in [6.07, 6.45) is 3.08. The van der Waals surface area contributed by atoms with Gasteiger partial charge in [-0.2, -0.15) is 5.10 Å². The highest BCUT2D eigenvalue weighted by Crippen LogP contribution is 2.29. The van der Waals surface area contributed by atoms with Gasteiger partial charge in [-0.3, -0.25) is 0 Å². The van der Waals surface area contributed by atoms with Gasteiger partial charge in [0.1, 0.15) is 0 Å². The third-order valence-electron chi connectivity index (χ3n) is 3.19. The Morgan fingerprint density at radius 2 is 2.28 bits per heavy atom. The quantitative estimate of drug-likeness (QED) is 0.825. The minimum atomic E-state index is -2.51. The number of halogens is 2. The number of aromatic nitrogens is 3. The van der Waals surface area contributed by atoms with Crippen molar-refractivity contribution in [1.29, 1.82) is 0 Å². The van der Waals surface area contributed by atoms with Gasteiger partial charge in [0, 0.05) is 23.8 Å². The van der Waals surface area contributed by atoms with Crippen LogP contribution >= 0.6 is 0 Å². The Morgan fingerprint density at radius 1 is 1.39 bits per heavy atom. The van der Waals surface area contributed by atoms with Crippen molar-refractivity contribution in [2.75, 3.05) is 6.61 Å². The molecular weight excluding hydrogens is 240 g/mol. The third kappa shape index (κ3) is 1.86. The molecule has 1 aliphatic rings. The van der Waals surface area contributed by atoms with Gasteiger partial charge < -0.3 is 4.74 Å². The van der Waals surface area contributed by atoms with Crippen molar-refractivity contribution in [3.63, 3.8) is 0 Å². The first-order valence-electron chi connectivity index (χ1n) is 5.99. The molecule has 0 aliphatic carbocycles. The predicted octanol–water partition coefficient (Wildman–Crippen LogP) is 3.07. The van der Waals surface area contributed by atoms with Crippen LogP contribution in [-0.2, 0) is 4.74 Å². The Bertz CT molecular complexity index is 549. The van der Waals surface area contributed by atoms with Crippen molar-refractivity contribution in [3.8, 4) is 0 Å². The van der Waals surface area contributed by atoms with E-state index in [0.29, 0.717) is 17.6 Å². The van der Waals surface area contributed by atoms with Crippen LogP contribution in [0.4, 0.5) is 8.78 Å². The number of nitrogens with zero attached hydrogens (tertiary/aromatic N) is 3. The molecular formula is C12H13F2N3O. The van der Waals surface area contributed by atoms with Crippen molar-refractivity contribution >= 4 is 11.0 Å². The fraction of sp³-hybridized carbons (Fsp3) is 0.500. The minimum Gasteiger partial charge on any atom is -0.356 e. The molecule has 2 aromatic heterocycles. The molecule has 0 amide bonds. The van der Waals surface area contributed by atoms with Gasteiger partial charge in [0.05, 0.1) is 6.20 Å². The van der Waals surface area contributed by atoms with Gasteiger partial charge in [-0.05, 0) is 25.3 Å². The third-order valence-corrected chi connectivity index (χ3v) is 3.19. The molecule has 1 unspecified atom stereocenters. The van der Waals surface area contributed by atoms with E-state index in [4.69, 9.17) is 4.74 Å². The summed E-state index contributed by atoms with van der Waals surface area (Å²) < 4.78 is 32.9. The molecule has 18 heavy (non-hydrogen) atoms. The lowest BCUT2D eigenvalue weighted by molar-refractivity contribution is -0.0370. The standard InChI is InChI=1S/C12H13F2N3O/c13-11(14)8-4-5-15-12-9(8)7-16-17(12)10-3-1-2-6-18-10/h4-5,7,10-11H,1-3,6H2. The highest BCUT2D eigenvalue weighted by atomic mass is 19.3. The lowest BCUT2D eigenvalue weighted by Crippen LogP contribution is -2.19. The second kappa shape index (κ2) is 4.61. The average molecular weight is 253 g/mol. The molecule has 1 saturated heterocycles. The Balaban J connectivity index is 2.06. The molecule has 0 N–H and O–H groups in total. The van der Waals surface area contributed by atoms with Gasteiger partial charge in [0.25, 0.3) is 6.43 Å². The van der Waals surface area contributed by atoms with E-state index in [0.717, 1.165) is 19.3 Å². The molecule has 3 heterocycles. The van der Waals surface area contributed by atoms with Crippen LogP contribution in [0.3, 0.4) is 0 Å².